The first-order valence-corrected chi connectivity index (χ1v) is 14.4. The predicted molar refractivity (Wildman–Crippen MR) is 120 cm³/mol. The van der Waals surface area contributed by atoms with Crippen LogP contribution in [0.4, 0.5) is 0 Å². The van der Waals surface area contributed by atoms with Crippen LogP contribution in [0.15, 0.2) is 0 Å². The minimum absolute atomic E-state index is 1.14. The maximum atomic E-state index is 3.99. The molecule has 0 bridgehead atoms. The summed E-state index contributed by atoms with van der Waals surface area (Å²) < 4.78 is 0. The van der Waals surface area contributed by atoms with Crippen molar-refractivity contribution in [2.75, 3.05) is 0 Å². The van der Waals surface area contributed by atoms with E-state index in [1.807, 2.05) is 0 Å². The van der Waals surface area contributed by atoms with Gasteiger partial charge < -0.3 is 0 Å². The lowest BCUT2D eigenvalue weighted by Crippen LogP contribution is -2.32. The van der Waals surface area contributed by atoms with Crippen LogP contribution in [0.5, 0.6) is 0 Å². The molecule has 0 aromatic rings. The second-order valence-corrected chi connectivity index (χ2v) is 12.4. The van der Waals surface area contributed by atoms with Gasteiger partial charge in [0.25, 0.3) is 0 Å². The van der Waals surface area contributed by atoms with Crippen LogP contribution < -0.4 is 0 Å². The monoisotopic (exact) mass is 364 g/mol. The molecule has 0 spiro atoms. The smallest absolute Gasteiger partial charge is 0.131 e. The van der Waals surface area contributed by atoms with Gasteiger partial charge in [-0.05, 0) is 24.6 Å². The molecule has 0 amide bonds. The van der Waals surface area contributed by atoms with Gasteiger partial charge >= 0.3 is 0 Å². The third-order valence-corrected chi connectivity index (χ3v) is 10.2. The van der Waals surface area contributed by atoms with E-state index >= 15 is 0 Å². The largest absolute Gasteiger partial charge is 0.138 e. The van der Waals surface area contributed by atoms with Gasteiger partial charge in [-0.25, -0.2) is 0 Å². The van der Waals surface area contributed by atoms with Crippen LogP contribution >= 0.6 is 0 Å². The van der Waals surface area contributed by atoms with Gasteiger partial charge in [-0.15, -0.1) is 11.5 Å². The van der Waals surface area contributed by atoms with E-state index in [-0.39, 0.29) is 0 Å². The standard InChI is InChI=1S/C24H48Si/c1-5-9-13-17-21-25(22-18-14-10-6-2,23-19-15-11-7-3)24-20-16-12-8-4/h5-19,21-23H2,1-4H3. The van der Waals surface area contributed by atoms with E-state index < -0.39 is 8.07 Å². The van der Waals surface area contributed by atoms with Crippen LogP contribution in [0.3, 0.4) is 0 Å². The van der Waals surface area contributed by atoms with Crippen molar-refractivity contribution >= 4 is 8.07 Å². The summed E-state index contributed by atoms with van der Waals surface area (Å²) in [4.78, 5) is 0. The summed E-state index contributed by atoms with van der Waals surface area (Å²) in [6, 6.07) is 4.47. The molecule has 0 saturated carbocycles. The highest BCUT2D eigenvalue weighted by molar-refractivity contribution is 6.87. The van der Waals surface area contributed by atoms with Gasteiger partial charge in [0.2, 0.25) is 0 Å². The SMILES string of the molecule is CCCCC#C[Si](CCCCCC)(CCCCCC)CCCCCC. The molecule has 0 N–H and O–H groups in total. The van der Waals surface area contributed by atoms with Crippen molar-refractivity contribution < 1.29 is 0 Å². The zero-order valence-electron chi connectivity index (χ0n) is 18.2. The average molecular weight is 365 g/mol. The zero-order chi connectivity index (χ0) is 18.6. The van der Waals surface area contributed by atoms with Crippen LogP contribution in [-0.4, -0.2) is 8.07 Å². The van der Waals surface area contributed by atoms with Crippen molar-refractivity contribution in [1.29, 1.82) is 0 Å². The van der Waals surface area contributed by atoms with E-state index in [2.05, 4.69) is 39.2 Å². The molecule has 0 aliphatic carbocycles. The quantitative estimate of drug-likeness (QED) is 0.137. The molecule has 0 atom stereocenters. The number of rotatable bonds is 17. The molecule has 0 fully saturated rings. The lowest BCUT2D eigenvalue weighted by molar-refractivity contribution is 0.668. The highest BCUT2D eigenvalue weighted by Gasteiger charge is 2.29. The number of hydrogen-bond donors (Lipinski definition) is 0. The van der Waals surface area contributed by atoms with E-state index in [0.717, 1.165) is 6.42 Å². The summed E-state index contributed by atoms with van der Waals surface area (Å²) in [5, 5.41) is 0. The highest BCUT2D eigenvalue weighted by atomic mass is 28.3. The maximum Gasteiger partial charge on any atom is 0.138 e. The van der Waals surface area contributed by atoms with Crippen molar-refractivity contribution in [1.82, 2.24) is 0 Å². The Bertz CT molecular complexity index is 291. The van der Waals surface area contributed by atoms with Gasteiger partial charge in [-0.2, -0.15) is 0 Å². The van der Waals surface area contributed by atoms with Crippen molar-refractivity contribution in [2.45, 2.75) is 142 Å². The zero-order valence-corrected chi connectivity index (χ0v) is 19.2. The Hall–Kier alpha value is -0.223. The van der Waals surface area contributed by atoms with Gasteiger partial charge in [0, 0.05) is 6.42 Å². The molecule has 0 aliphatic heterocycles. The molecule has 0 nitrogen and oxygen atoms in total. The summed E-state index contributed by atoms with van der Waals surface area (Å²) in [7, 11) is -1.36. The molecular weight excluding hydrogens is 316 g/mol. The van der Waals surface area contributed by atoms with E-state index in [4.69, 9.17) is 0 Å². The van der Waals surface area contributed by atoms with Crippen LogP contribution in [0.2, 0.25) is 18.1 Å². The Labute approximate surface area is 162 Å². The fraction of sp³-hybridized carbons (Fsp3) is 0.917. The van der Waals surface area contributed by atoms with Crippen LogP contribution in [0, 0.1) is 11.5 Å². The molecule has 0 aromatic heterocycles. The molecule has 1 heteroatoms. The summed E-state index contributed by atoms with van der Waals surface area (Å²) in [5.41, 5.74) is 3.99. The van der Waals surface area contributed by atoms with E-state index in [1.165, 1.54) is 108 Å². The molecule has 0 heterocycles. The summed E-state index contributed by atoms with van der Waals surface area (Å²) in [5.74, 6) is 3.66. The summed E-state index contributed by atoms with van der Waals surface area (Å²) >= 11 is 0. The van der Waals surface area contributed by atoms with Crippen LogP contribution in [0.1, 0.15) is 124 Å². The Morgan fingerprint density at radius 3 is 1.24 bits per heavy atom. The topological polar surface area (TPSA) is 0 Å². The molecule has 0 aromatic carbocycles. The number of unbranched alkanes of at least 4 members (excludes halogenated alkanes) is 11. The molecule has 0 radical (unpaired) electrons. The first-order valence-electron chi connectivity index (χ1n) is 11.7. The van der Waals surface area contributed by atoms with Gasteiger partial charge in [-0.3, -0.25) is 0 Å². The van der Waals surface area contributed by atoms with Crippen molar-refractivity contribution in [3.8, 4) is 11.5 Å². The lowest BCUT2D eigenvalue weighted by atomic mass is 10.2. The highest BCUT2D eigenvalue weighted by Crippen LogP contribution is 2.29. The van der Waals surface area contributed by atoms with Crippen LogP contribution in [0.25, 0.3) is 0 Å². The predicted octanol–water partition coefficient (Wildman–Crippen LogP) is 8.91. The van der Waals surface area contributed by atoms with Crippen molar-refractivity contribution in [2.24, 2.45) is 0 Å². The van der Waals surface area contributed by atoms with Gasteiger partial charge in [0.1, 0.15) is 8.07 Å². The molecule has 148 valence electrons. The Morgan fingerprint density at radius 2 is 0.880 bits per heavy atom. The van der Waals surface area contributed by atoms with Gasteiger partial charge in [-0.1, -0.05) is 111 Å². The minimum atomic E-state index is -1.36. The van der Waals surface area contributed by atoms with E-state index in [0.29, 0.717) is 0 Å². The third-order valence-electron chi connectivity index (χ3n) is 5.54. The van der Waals surface area contributed by atoms with Crippen molar-refractivity contribution in [3.63, 3.8) is 0 Å². The van der Waals surface area contributed by atoms with Gasteiger partial charge in [0.05, 0.1) is 0 Å². The molecule has 0 saturated heterocycles. The minimum Gasteiger partial charge on any atom is -0.131 e. The first kappa shape index (κ1) is 24.8. The Kier molecular flexibility index (Phi) is 18.4. The van der Waals surface area contributed by atoms with Crippen LogP contribution in [-0.2, 0) is 0 Å². The van der Waals surface area contributed by atoms with E-state index in [9.17, 15) is 0 Å². The first-order chi connectivity index (χ1) is 12.2. The molecule has 0 aliphatic rings. The third kappa shape index (κ3) is 14.6. The summed E-state index contributed by atoms with van der Waals surface area (Å²) in [6.45, 7) is 9.26. The Balaban J connectivity index is 4.82. The lowest BCUT2D eigenvalue weighted by Gasteiger charge is -2.27. The molecular formula is C24H48Si. The van der Waals surface area contributed by atoms with Crippen molar-refractivity contribution in [3.05, 3.63) is 0 Å². The maximum absolute atomic E-state index is 3.99. The number of hydrogen-bond acceptors (Lipinski definition) is 0. The molecule has 25 heavy (non-hydrogen) atoms. The fourth-order valence-electron chi connectivity index (χ4n) is 3.75. The summed E-state index contributed by atoms with van der Waals surface area (Å²) in [6.07, 6.45) is 20.7. The molecule has 0 rings (SSSR count). The second-order valence-electron chi connectivity index (χ2n) is 8.12. The molecule has 0 unspecified atom stereocenters. The Morgan fingerprint density at radius 1 is 0.480 bits per heavy atom. The normalized spacial score (nSPS) is 11.4. The second kappa shape index (κ2) is 18.6. The average Bonchev–Trinajstić information content (AvgIpc) is 2.63. The van der Waals surface area contributed by atoms with E-state index in [1.54, 1.807) is 0 Å². The van der Waals surface area contributed by atoms with Gasteiger partial charge in [0.15, 0.2) is 0 Å². The fourth-order valence-corrected chi connectivity index (χ4v) is 8.15.